The van der Waals surface area contributed by atoms with Crippen LogP contribution in [-0.2, 0) is 45.0 Å². The topological polar surface area (TPSA) is 116 Å². The number of likely N-dealkylation sites (N-methyl/N-ethyl adjacent to an activating group) is 1. The average molecular weight is 615 g/mol. The minimum Gasteiger partial charge on any atom is -0.469 e. The van der Waals surface area contributed by atoms with Crippen LogP contribution >= 0.6 is 0 Å². The number of hydrogen-bond acceptors (Lipinski definition) is 8. The Hall–Kier alpha value is -4.02. The van der Waals surface area contributed by atoms with Gasteiger partial charge in [0.15, 0.2) is 5.82 Å². The quantitative estimate of drug-likeness (QED) is 0.202. The van der Waals surface area contributed by atoms with E-state index in [1.54, 1.807) is 0 Å². The van der Waals surface area contributed by atoms with E-state index in [4.69, 9.17) is 20.2 Å². The minimum atomic E-state index is -0.284. The number of para-hydroxylation sites is 1. The number of methoxy groups -OCH3 is 1. The third kappa shape index (κ3) is 7.99. The van der Waals surface area contributed by atoms with Gasteiger partial charge in [0.05, 0.1) is 31.1 Å². The summed E-state index contributed by atoms with van der Waals surface area (Å²) in [6.45, 7) is 5.72. The van der Waals surface area contributed by atoms with E-state index in [-0.39, 0.29) is 18.3 Å². The lowest BCUT2D eigenvalue weighted by atomic mass is 10.1. The van der Waals surface area contributed by atoms with E-state index < -0.39 is 0 Å². The Morgan fingerprint density at radius 3 is 2.62 bits per heavy atom. The van der Waals surface area contributed by atoms with Gasteiger partial charge in [-0.15, -0.1) is 0 Å². The molecule has 2 aromatic heterocycles. The normalized spacial score (nSPS) is 14.0. The summed E-state index contributed by atoms with van der Waals surface area (Å²) in [7, 11) is 3.43. The van der Waals surface area contributed by atoms with Crippen molar-refractivity contribution in [2.75, 3.05) is 46.2 Å². The zero-order chi connectivity index (χ0) is 31.8. The Kier molecular flexibility index (Phi) is 11.0. The van der Waals surface area contributed by atoms with Crippen LogP contribution in [0.15, 0.2) is 48.5 Å². The molecule has 5 rings (SSSR count). The monoisotopic (exact) mass is 614 g/mol. The summed E-state index contributed by atoms with van der Waals surface area (Å²) in [5.41, 5.74) is 10.9. The predicted molar refractivity (Wildman–Crippen MR) is 177 cm³/mol. The third-order valence-corrected chi connectivity index (χ3v) is 8.75. The summed E-state index contributed by atoms with van der Waals surface area (Å²) in [5.74, 6) is 1.25. The van der Waals surface area contributed by atoms with E-state index in [1.807, 2.05) is 54.4 Å². The molecule has 1 saturated heterocycles. The smallest absolute Gasteiger partial charge is 0.309 e. The number of ether oxygens (including phenoxy) is 2. The van der Waals surface area contributed by atoms with Crippen molar-refractivity contribution >= 4 is 39.6 Å². The Bertz CT molecular complexity index is 1610. The lowest BCUT2D eigenvalue weighted by Crippen LogP contribution is -2.44. The number of hydrogen-bond donors (Lipinski definition) is 1. The Morgan fingerprint density at radius 2 is 1.84 bits per heavy atom. The van der Waals surface area contributed by atoms with Crippen LogP contribution in [0.3, 0.4) is 0 Å². The number of rotatable bonds is 14. The van der Waals surface area contributed by atoms with Crippen molar-refractivity contribution in [1.29, 1.82) is 0 Å². The van der Waals surface area contributed by atoms with Gasteiger partial charge in [0.1, 0.15) is 11.3 Å². The van der Waals surface area contributed by atoms with Crippen LogP contribution in [0, 0.1) is 0 Å². The first-order chi connectivity index (χ1) is 21.9. The fourth-order valence-corrected chi connectivity index (χ4v) is 6.25. The molecule has 1 aliphatic rings. The second kappa shape index (κ2) is 15.3. The van der Waals surface area contributed by atoms with Crippen LogP contribution in [-0.4, -0.2) is 82.7 Å². The molecule has 0 aliphatic carbocycles. The Morgan fingerprint density at radius 1 is 1.07 bits per heavy atom. The van der Waals surface area contributed by atoms with Gasteiger partial charge in [-0.25, -0.2) is 9.97 Å². The van der Waals surface area contributed by atoms with Crippen LogP contribution in [0.25, 0.3) is 21.9 Å². The number of fused-ring (bicyclic) bond motifs is 3. The number of carbonyl (C=O) groups excluding carboxylic acids is 2. The van der Waals surface area contributed by atoms with E-state index in [1.165, 1.54) is 7.11 Å². The number of aryl methyl sites for hydroxylation is 2. The van der Waals surface area contributed by atoms with Crippen molar-refractivity contribution in [3.8, 4) is 0 Å². The Balaban J connectivity index is 1.39. The Labute approximate surface area is 265 Å². The van der Waals surface area contributed by atoms with Crippen molar-refractivity contribution < 1.29 is 19.1 Å². The van der Waals surface area contributed by atoms with Crippen LogP contribution in [0.1, 0.15) is 56.0 Å². The fourth-order valence-electron chi connectivity index (χ4n) is 6.25. The number of aromatic nitrogens is 3. The highest BCUT2D eigenvalue weighted by molar-refractivity contribution is 6.06. The maximum Gasteiger partial charge on any atom is 0.309 e. The van der Waals surface area contributed by atoms with Gasteiger partial charge in [-0.2, -0.15) is 0 Å². The number of amides is 1. The number of pyridine rings is 1. The first-order valence-corrected chi connectivity index (χ1v) is 16.1. The molecule has 2 aromatic carbocycles. The highest BCUT2D eigenvalue weighted by Gasteiger charge is 2.24. The van der Waals surface area contributed by atoms with Crippen molar-refractivity contribution in [2.45, 2.75) is 71.0 Å². The second-order valence-corrected chi connectivity index (χ2v) is 12.0. The highest BCUT2D eigenvalue weighted by Crippen LogP contribution is 2.29. The number of nitrogens with two attached hydrogens (primary N) is 1. The molecule has 0 radical (unpaired) electrons. The number of imidazole rings is 1. The molecule has 4 aromatic rings. The fraction of sp³-hybridized carbons (Fsp3) is 0.486. The van der Waals surface area contributed by atoms with E-state index in [2.05, 4.69) is 27.4 Å². The average Bonchev–Trinajstić information content (AvgIpc) is 3.42. The molecule has 0 atom stereocenters. The largest absolute Gasteiger partial charge is 0.469 e. The van der Waals surface area contributed by atoms with Gasteiger partial charge in [-0.3, -0.25) is 14.5 Å². The zero-order valence-corrected chi connectivity index (χ0v) is 26.8. The maximum atomic E-state index is 13.9. The second-order valence-electron chi connectivity index (χ2n) is 12.0. The lowest BCUT2D eigenvalue weighted by Gasteiger charge is -2.32. The molecule has 10 heteroatoms. The van der Waals surface area contributed by atoms with Gasteiger partial charge in [-0.05, 0) is 49.9 Å². The molecule has 0 spiro atoms. The number of benzene rings is 2. The van der Waals surface area contributed by atoms with Crippen LogP contribution in [0.2, 0.25) is 0 Å². The van der Waals surface area contributed by atoms with Crippen molar-refractivity contribution in [1.82, 2.24) is 24.3 Å². The molecular formula is C35H46N6O4. The van der Waals surface area contributed by atoms with Crippen molar-refractivity contribution in [3.05, 3.63) is 65.5 Å². The predicted octanol–water partition coefficient (Wildman–Crippen LogP) is 4.75. The van der Waals surface area contributed by atoms with Crippen molar-refractivity contribution in [3.63, 3.8) is 0 Å². The van der Waals surface area contributed by atoms with Gasteiger partial charge < -0.3 is 24.7 Å². The first kappa shape index (κ1) is 32.4. The molecule has 0 unspecified atom stereocenters. The zero-order valence-electron chi connectivity index (χ0n) is 26.8. The number of nitrogens with zero attached hydrogens (tertiary/aromatic N) is 5. The molecule has 3 heterocycles. The van der Waals surface area contributed by atoms with E-state index in [0.29, 0.717) is 38.0 Å². The number of anilines is 1. The number of esters is 1. The molecule has 45 heavy (non-hydrogen) atoms. The molecule has 0 saturated carbocycles. The van der Waals surface area contributed by atoms with E-state index >= 15 is 0 Å². The first-order valence-electron chi connectivity index (χ1n) is 16.1. The lowest BCUT2D eigenvalue weighted by molar-refractivity contribution is -0.139. The summed E-state index contributed by atoms with van der Waals surface area (Å²) < 4.78 is 12.7. The van der Waals surface area contributed by atoms with E-state index in [0.717, 1.165) is 90.6 Å². The van der Waals surface area contributed by atoms with Crippen LogP contribution < -0.4 is 5.73 Å². The molecular weight excluding hydrogens is 568 g/mol. The highest BCUT2D eigenvalue weighted by atomic mass is 16.5. The summed E-state index contributed by atoms with van der Waals surface area (Å²) >= 11 is 0. The molecule has 0 bridgehead atoms. The summed E-state index contributed by atoms with van der Waals surface area (Å²) in [6, 6.07) is 16.2. The van der Waals surface area contributed by atoms with Crippen LogP contribution in [0.4, 0.5) is 5.82 Å². The number of nitrogen functional groups attached to an aromatic ring is 1. The molecule has 1 aliphatic heterocycles. The summed E-state index contributed by atoms with van der Waals surface area (Å²) in [6.07, 6.45) is 5.75. The number of unbranched alkanes of at least 4 members (excludes halogenated alkanes) is 1. The molecule has 10 nitrogen and oxygen atoms in total. The van der Waals surface area contributed by atoms with Crippen molar-refractivity contribution in [2.24, 2.45) is 0 Å². The van der Waals surface area contributed by atoms with Crippen LogP contribution in [0.5, 0.6) is 0 Å². The molecule has 2 N–H and O–H groups in total. The van der Waals surface area contributed by atoms with Gasteiger partial charge in [0, 0.05) is 50.7 Å². The third-order valence-electron chi connectivity index (χ3n) is 8.75. The van der Waals surface area contributed by atoms with Gasteiger partial charge in [0.25, 0.3) is 0 Å². The minimum absolute atomic E-state index is 0.0861. The van der Waals surface area contributed by atoms with E-state index in [9.17, 15) is 9.59 Å². The van der Waals surface area contributed by atoms with Gasteiger partial charge in [0.2, 0.25) is 5.91 Å². The standard InChI is InChI=1S/C35H46N6O4/c1-4-5-14-30-38-33-34(28-12-6-7-13-29(28)37-35(33)36)41(30)18-9-17-40(31(42)24-39(2)27-15-19-45-20-16-27)23-26-11-8-10-25(21-26)22-32(43)44-3/h6-8,10-13,21,27H,4-5,9,14-20,22-24H2,1-3H3,(H2,36,37). The molecule has 240 valence electrons. The molecule has 1 fully saturated rings. The van der Waals surface area contributed by atoms with Gasteiger partial charge >= 0.3 is 5.97 Å². The maximum absolute atomic E-state index is 13.9. The summed E-state index contributed by atoms with van der Waals surface area (Å²) in [5, 5.41) is 1.03. The molecule has 1 amide bonds. The SMILES string of the molecule is CCCCc1nc2c(N)nc3ccccc3c2n1CCCN(Cc1cccc(CC(=O)OC)c1)C(=O)CN(C)C1CCOCC1. The summed E-state index contributed by atoms with van der Waals surface area (Å²) in [4.78, 5) is 39.5. The van der Waals surface area contributed by atoms with Gasteiger partial charge in [-0.1, -0.05) is 55.8 Å². The number of carbonyl (C=O) groups is 2.